The number of rotatable bonds is 6. The van der Waals surface area contributed by atoms with Crippen LogP contribution in [0.1, 0.15) is 58.4 Å². The Morgan fingerprint density at radius 3 is 2.26 bits per heavy atom. The minimum atomic E-state index is -4.43. The predicted octanol–water partition coefficient (Wildman–Crippen LogP) is 6.93. The van der Waals surface area contributed by atoms with Crippen molar-refractivity contribution < 1.29 is 22.8 Å². The zero-order valence-electron chi connectivity index (χ0n) is 19.2. The number of carbonyl (C=O) groups excluding carboxylic acids is 2. The Hall–Kier alpha value is -3.61. The Bertz CT molecular complexity index is 1180. The van der Waals surface area contributed by atoms with Gasteiger partial charge in [-0.3, -0.25) is 9.59 Å². The van der Waals surface area contributed by atoms with Crippen LogP contribution in [0.4, 0.5) is 18.9 Å². The second-order valence-corrected chi connectivity index (χ2v) is 8.87. The van der Waals surface area contributed by atoms with E-state index in [1.165, 1.54) is 31.4 Å². The summed E-state index contributed by atoms with van der Waals surface area (Å²) >= 11 is 0. The summed E-state index contributed by atoms with van der Waals surface area (Å²) in [5, 5.41) is 5.80. The van der Waals surface area contributed by atoms with Crippen LogP contribution in [-0.2, 0) is 6.18 Å². The molecule has 0 radical (unpaired) electrons. The molecule has 0 unspecified atom stereocenters. The Balaban J connectivity index is 1.46. The molecule has 7 heteroatoms. The second-order valence-electron chi connectivity index (χ2n) is 8.87. The highest BCUT2D eigenvalue weighted by atomic mass is 19.4. The van der Waals surface area contributed by atoms with Gasteiger partial charge in [-0.2, -0.15) is 13.2 Å². The van der Waals surface area contributed by atoms with Crippen LogP contribution in [0.3, 0.4) is 0 Å². The van der Waals surface area contributed by atoms with Crippen LogP contribution in [0.15, 0.2) is 72.8 Å². The molecule has 4 nitrogen and oxygen atoms in total. The fourth-order valence-electron chi connectivity index (χ4n) is 4.44. The van der Waals surface area contributed by atoms with Gasteiger partial charge in [-0.25, -0.2) is 0 Å². The lowest BCUT2D eigenvalue weighted by Gasteiger charge is -2.21. The minimum Gasteiger partial charge on any atom is -0.352 e. The van der Waals surface area contributed by atoms with Crippen LogP contribution in [0, 0.1) is 5.92 Å². The van der Waals surface area contributed by atoms with Crippen molar-refractivity contribution in [1.82, 2.24) is 5.32 Å². The number of benzene rings is 3. The van der Waals surface area contributed by atoms with Crippen LogP contribution in [0.25, 0.3) is 11.1 Å². The third-order valence-electron chi connectivity index (χ3n) is 6.35. The maximum atomic E-state index is 13.1. The Labute approximate surface area is 202 Å². The van der Waals surface area contributed by atoms with E-state index in [1.807, 2.05) is 0 Å². The van der Waals surface area contributed by atoms with Gasteiger partial charge in [0.25, 0.3) is 11.8 Å². The Morgan fingerprint density at radius 1 is 0.829 bits per heavy atom. The van der Waals surface area contributed by atoms with Gasteiger partial charge in [0.05, 0.1) is 5.56 Å². The highest BCUT2D eigenvalue weighted by molar-refractivity contribution is 6.09. The van der Waals surface area contributed by atoms with Crippen molar-refractivity contribution in [2.75, 3.05) is 11.9 Å². The molecule has 1 aliphatic rings. The molecule has 35 heavy (non-hydrogen) atoms. The van der Waals surface area contributed by atoms with E-state index < -0.39 is 17.6 Å². The first-order valence-electron chi connectivity index (χ1n) is 11.8. The summed E-state index contributed by atoms with van der Waals surface area (Å²) in [5.74, 6) is -0.0885. The fraction of sp³-hybridized carbons (Fsp3) is 0.286. The molecule has 1 saturated carbocycles. The molecule has 3 aromatic rings. The topological polar surface area (TPSA) is 58.2 Å². The van der Waals surface area contributed by atoms with Gasteiger partial charge in [-0.05, 0) is 66.3 Å². The molecule has 0 aliphatic heterocycles. The van der Waals surface area contributed by atoms with E-state index in [0.717, 1.165) is 25.0 Å². The maximum absolute atomic E-state index is 13.1. The molecule has 3 aromatic carbocycles. The minimum absolute atomic E-state index is 0.183. The second kappa shape index (κ2) is 10.8. The number of halogens is 3. The SMILES string of the molecule is O=C(NCC1CCCCC1)c1cccc(NC(=O)c2ccccc2-c2ccc(C(F)(F)F)cc2)c1. The number of carbonyl (C=O) groups is 2. The van der Waals surface area contributed by atoms with Crippen LogP contribution in [0.2, 0.25) is 0 Å². The predicted molar refractivity (Wildman–Crippen MR) is 130 cm³/mol. The van der Waals surface area contributed by atoms with E-state index in [1.54, 1.807) is 48.5 Å². The maximum Gasteiger partial charge on any atom is 0.416 e. The fourth-order valence-corrected chi connectivity index (χ4v) is 4.44. The molecule has 2 amide bonds. The largest absolute Gasteiger partial charge is 0.416 e. The van der Waals surface area contributed by atoms with Crippen molar-refractivity contribution in [2.24, 2.45) is 5.92 Å². The lowest BCUT2D eigenvalue weighted by atomic mass is 9.89. The molecule has 1 fully saturated rings. The number of nitrogens with one attached hydrogen (secondary N) is 2. The van der Waals surface area contributed by atoms with Crippen molar-refractivity contribution in [3.8, 4) is 11.1 Å². The average Bonchev–Trinajstić information content (AvgIpc) is 2.87. The molecule has 4 rings (SSSR count). The normalized spacial score (nSPS) is 14.4. The number of hydrogen-bond donors (Lipinski definition) is 2. The monoisotopic (exact) mass is 480 g/mol. The van der Waals surface area contributed by atoms with Gasteiger partial charge in [0.2, 0.25) is 0 Å². The van der Waals surface area contributed by atoms with Gasteiger partial charge in [0.1, 0.15) is 0 Å². The molecule has 2 N–H and O–H groups in total. The zero-order chi connectivity index (χ0) is 24.8. The van der Waals surface area contributed by atoms with Crippen molar-refractivity contribution in [1.29, 1.82) is 0 Å². The third-order valence-corrected chi connectivity index (χ3v) is 6.35. The summed E-state index contributed by atoms with van der Waals surface area (Å²) in [6.07, 6.45) is 1.51. The van der Waals surface area contributed by atoms with Gasteiger partial charge >= 0.3 is 6.18 Å². The Morgan fingerprint density at radius 2 is 1.54 bits per heavy atom. The third kappa shape index (κ3) is 6.29. The molecule has 182 valence electrons. The summed E-state index contributed by atoms with van der Waals surface area (Å²) < 4.78 is 38.7. The lowest BCUT2D eigenvalue weighted by molar-refractivity contribution is -0.137. The molecule has 0 heterocycles. The molecule has 0 atom stereocenters. The van der Waals surface area contributed by atoms with E-state index in [0.29, 0.717) is 40.4 Å². The zero-order valence-corrected chi connectivity index (χ0v) is 19.2. The molecular formula is C28H27F3N2O2. The summed E-state index contributed by atoms with van der Waals surface area (Å²) in [6, 6.07) is 18.1. The van der Waals surface area contributed by atoms with Crippen LogP contribution < -0.4 is 10.6 Å². The van der Waals surface area contributed by atoms with Gasteiger partial charge in [-0.15, -0.1) is 0 Å². The first-order valence-corrected chi connectivity index (χ1v) is 11.8. The average molecular weight is 481 g/mol. The van der Waals surface area contributed by atoms with E-state index in [4.69, 9.17) is 0 Å². The van der Waals surface area contributed by atoms with Crippen molar-refractivity contribution in [3.05, 3.63) is 89.5 Å². The van der Waals surface area contributed by atoms with Gasteiger partial charge in [0, 0.05) is 23.4 Å². The van der Waals surface area contributed by atoms with E-state index in [-0.39, 0.29) is 5.91 Å². The van der Waals surface area contributed by atoms with Crippen molar-refractivity contribution in [2.45, 2.75) is 38.3 Å². The summed E-state index contributed by atoms with van der Waals surface area (Å²) in [4.78, 5) is 25.7. The van der Waals surface area contributed by atoms with Gasteiger partial charge in [-0.1, -0.05) is 55.7 Å². The van der Waals surface area contributed by atoms with Crippen molar-refractivity contribution in [3.63, 3.8) is 0 Å². The first kappa shape index (κ1) is 24.5. The molecule has 0 aromatic heterocycles. The summed E-state index contributed by atoms with van der Waals surface area (Å²) in [6.45, 7) is 0.649. The smallest absolute Gasteiger partial charge is 0.352 e. The van der Waals surface area contributed by atoms with Crippen LogP contribution in [-0.4, -0.2) is 18.4 Å². The lowest BCUT2D eigenvalue weighted by Crippen LogP contribution is -2.30. The van der Waals surface area contributed by atoms with E-state index >= 15 is 0 Å². The van der Waals surface area contributed by atoms with Gasteiger partial charge < -0.3 is 10.6 Å². The molecule has 0 spiro atoms. The highest BCUT2D eigenvalue weighted by Gasteiger charge is 2.30. The highest BCUT2D eigenvalue weighted by Crippen LogP contribution is 2.32. The molecule has 1 aliphatic carbocycles. The first-order chi connectivity index (χ1) is 16.8. The van der Waals surface area contributed by atoms with Crippen LogP contribution in [0.5, 0.6) is 0 Å². The summed E-state index contributed by atoms with van der Waals surface area (Å²) in [7, 11) is 0. The molecule has 0 saturated heterocycles. The number of hydrogen-bond acceptors (Lipinski definition) is 2. The number of anilines is 1. The van der Waals surface area contributed by atoms with Gasteiger partial charge in [0.15, 0.2) is 0 Å². The van der Waals surface area contributed by atoms with Crippen LogP contribution >= 0.6 is 0 Å². The quantitative estimate of drug-likeness (QED) is 0.402. The van der Waals surface area contributed by atoms with Crippen molar-refractivity contribution >= 4 is 17.5 Å². The van der Waals surface area contributed by atoms with E-state index in [9.17, 15) is 22.8 Å². The molecular weight excluding hydrogens is 453 g/mol. The molecule has 0 bridgehead atoms. The number of alkyl halides is 3. The Kier molecular flexibility index (Phi) is 7.54. The summed E-state index contributed by atoms with van der Waals surface area (Å²) in [5.41, 5.74) is 1.50. The van der Waals surface area contributed by atoms with E-state index in [2.05, 4.69) is 10.6 Å². The standard InChI is InChI=1S/C28H27F3N2O2/c29-28(30,31)22-15-13-20(14-16-22)24-11-4-5-12-25(24)27(35)33-23-10-6-9-21(17-23)26(34)32-18-19-7-2-1-3-8-19/h4-6,9-17,19H,1-3,7-8,18H2,(H,32,34)(H,33,35). The number of amides is 2.